The minimum atomic E-state index is -0.546. The normalized spacial score (nSPS) is 10.8. The number of aliphatic hydroxyl groups excluding tert-OH is 1. The number of fused-ring (bicyclic) bond motifs is 1. The zero-order chi connectivity index (χ0) is 20.1. The molecule has 0 aliphatic rings. The van der Waals surface area contributed by atoms with Crippen molar-refractivity contribution in [1.29, 1.82) is 0 Å². The second kappa shape index (κ2) is 8.71. The molecule has 0 atom stereocenters. The molecule has 0 aliphatic heterocycles. The average Bonchev–Trinajstić information content (AvgIpc) is 2.72. The van der Waals surface area contributed by atoms with Crippen LogP contribution in [0.4, 0.5) is 11.4 Å². The third-order valence-electron chi connectivity index (χ3n) is 4.77. The van der Waals surface area contributed by atoms with Gasteiger partial charge in [0.25, 0.3) is 5.91 Å². The number of rotatable bonds is 8. The Morgan fingerprint density at radius 2 is 2.00 bits per heavy atom. The molecule has 1 amide bonds. The van der Waals surface area contributed by atoms with Crippen molar-refractivity contribution in [2.24, 2.45) is 5.73 Å². The molecule has 1 heterocycles. The van der Waals surface area contributed by atoms with Gasteiger partial charge in [0.05, 0.1) is 23.9 Å². The fraction of sp³-hybridized carbons (Fsp3) is 0.273. The number of aliphatic hydroxyl groups is 1. The van der Waals surface area contributed by atoms with Crippen molar-refractivity contribution in [3.63, 3.8) is 0 Å². The van der Waals surface area contributed by atoms with Crippen molar-refractivity contribution in [3.05, 3.63) is 59.3 Å². The summed E-state index contributed by atoms with van der Waals surface area (Å²) in [6.07, 6.45) is 3.71. The van der Waals surface area contributed by atoms with Crippen LogP contribution in [0.2, 0.25) is 0 Å². The van der Waals surface area contributed by atoms with Crippen LogP contribution >= 0.6 is 0 Å². The smallest absolute Gasteiger partial charge is 0.252 e. The van der Waals surface area contributed by atoms with Crippen molar-refractivity contribution in [3.8, 4) is 5.75 Å². The number of hydrogen-bond donors (Lipinski definition) is 3. The summed E-state index contributed by atoms with van der Waals surface area (Å²) in [5, 5.41) is 13.3. The predicted octanol–water partition coefficient (Wildman–Crippen LogP) is 3.57. The van der Waals surface area contributed by atoms with Gasteiger partial charge in [0.1, 0.15) is 5.75 Å². The lowest BCUT2D eigenvalue weighted by Gasteiger charge is -2.16. The SMILES string of the molecule is CCc1ccc(Nc2c(C(N)=O)cnc3cc(OC)c(CCCO)cc23)cc1. The lowest BCUT2D eigenvalue weighted by Crippen LogP contribution is -2.14. The maximum absolute atomic E-state index is 12.0. The number of nitrogens with two attached hydrogens (primary N) is 1. The monoisotopic (exact) mass is 379 g/mol. The van der Waals surface area contributed by atoms with E-state index in [0.717, 1.165) is 23.1 Å². The van der Waals surface area contributed by atoms with E-state index < -0.39 is 5.91 Å². The Morgan fingerprint density at radius 3 is 2.61 bits per heavy atom. The summed E-state index contributed by atoms with van der Waals surface area (Å²) in [5.41, 5.74) is 10.3. The highest BCUT2D eigenvalue weighted by molar-refractivity contribution is 6.07. The first-order valence-electron chi connectivity index (χ1n) is 9.33. The molecule has 0 aliphatic carbocycles. The first-order valence-corrected chi connectivity index (χ1v) is 9.33. The van der Waals surface area contributed by atoms with E-state index in [9.17, 15) is 9.90 Å². The van der Waals surface area contributed by atoms with Gasteiger partial charge in [-0.1, -0.05) is 19.1 Å². The number of carbonyl (C=O) groups excluding carboxylic acids is 1. The Labute approximate surface area is 164 Å². The molecule has 0 spiro atoms. The molecular weight excluding hydrogens is 354 g/mol. The maximum Gasteiger partial charge on any atom is 0.252 e. The van der Waals surface area contributed by atoms with Gasteiger partial charge in [0.15, 0.2) is 0 Å². The van der Waals surface area contributed by atoms with Gasteiger partial charge in [0.2, 0.25) is 0 Å². The number of nitrogens with zero attached hydrogens (tertiary/aromatic N) is 1. The zero-order valence-electron chi connectivity index (χ0n) is 16.2. The minimum absolute atomic E-state index is 0.0929. The molecule has 1 aromatic heterocycles. The number of primary amides is 1. The Kier molecular flexibility index (Phi) is 6.11. The largest absolute Gasteiger partial charge is 0.496 e. The van der Waals surface area contributed by atoms with E-state index in [1.165, 1.54) is 11.8 Å². The number of aromatic nitrogens is 1. The number of carbonyl (C=O) groups is 1. The molecule has 0 saturated heterocycles. The standard InChI is InChI=1S/C22H25N3O3/c1-3-14-6-8-16(9-7-14)25-21-17-11-15(5-4-10-26)20(28-2)12-19(17)24-13-18(21)22(23)27/h6-9,11-13,26H,3-5,10H2,1-2H3,(H2,23,27)(H,24,25). The number of anilines is 2. The number of amides is 1. The molecule has 4 N–H and O–H groups in total. The second-order valence-electron chi connectivity index (χ2n) is 6.59. The summed E-state index contributed by atoms with van der Waals surface area (Å²) in [6, 6.07) is 11.8. The molecule has 6 heteroatoms. The van der Waals surface area contributed by atoms with E-state index in [2.05, 4.69) is 17.2 Å². The molecule has 3 rings (SSSR count). The Morgan fingerprint density at radius 1 is 1.25 bits per heavy atom. The third kappa shape index (κ3) is 4.07. The summed E-state index contributed by atoms with van der Waals surface area (Å²) >= 11 is 0. The van der Waals surface area contributed by atoms with Crippen LogP contribution in [-0.2, 0) is 12.8 Å². The highest BCUT2D eigenvalue weighted by Crippen LogP contribution is 2.34. The maximum atomic E-state index is 12.0. The van der Waals surface area contributed by atoms with Gasteiger partial charge in [-0.15, -0.1) is 0 Å². The molecule has 0 fully saturated rings. The van der Waals surface area contributed by atoms with E-state index in [1.54, 1.807) is 7.11 Å². The quantitative estimate of drug-likeness (QED) is 0.556. The summed E-state index contributed by atoms with van der Waals surface area (Å²) in [7, 11) is 1.61. The van der Waals surface area contributed by atoms with E-state index >= 15 is 0 Å². The Bertz CT molecular complexity index is 984. The topological polar surface area (TPSA) is 97.5 Å². The van der Waals surface area contributed by atoms with Gasteiger partial charge < -0.3 is 20.9 Å². The summed E-state index contributed by atoms with van der Waals surface area (Å²) in [4.78, 5) is 16.4. The van der Waals surface area contributed by atoms with Crippen molar-refractivity contribution >= 4 is 28.2 Å². The molecule has 146 valence electrons. The van der Waals surface area contributed by atoms with E-state index in [1.807, 2.05) is 36.4 Å². The molecule has 2 aromatic carbocycles. The van der Waals surface area contributed by atoms with Crippen LogP contribution in [0.25, 0.3) is 10.9 Å². The first-order chi connectivity index (χ1) is 13.6. The van der Waals surface area contributed by atoms with Crippen LogP contribution < -0.4 is 15.8 Å². The van der Waals surface area contributed by atoms with Gasteiger partial charge in [-0.05, 0) is 48.6 Å². The van der Waals surface area contributed by atoms with E-state index in [4.69, 9.17) is 10.5 Å². The number of aryl methyl sites for hydroxylation is 2. The van der Waals surface area contributed by atoms with Crippen LogP contribution in [0.1, 0.15) is 34.8 Å². The van der Waals surface area contributed by atoms with Crippen molar-refractivity contribution in [2.75, 3.05) is 19.0 Å². The number of benzene rings is 2. The van der Waals surface area contributed by atoms with Crippen LogP contribution in [0, 0.1) is 0 Å². The molecule has 6 nitrogen and oxygen atoms in total. The van der Waals surface area contributed by atoms with Gasteiger partial charge in [-0.2, -0.15) is 0 Å². The lowest BCUT2D eigenvalue weighted by molar-refractivity contribution is 0.100. The molecule has 28 heavy (non-hydrogen) atoms. The summed E-state index contributed by atoms with van der Waals surface area (Å²) in [6.45, 7) is 2.20. The number of hydrogen-bond acceptors (Lipinski definition) is 5. The zero-order valence-corrected chi connectivity index (χ0v) is 16.2. The lowest BCUT2D eigenvalue weighted by atomic mass is 10.0. The molecule has 0 saturated carbocycles. The van der Waals surface area contributed by atoms with Crippen LogP contribution in [-0.4, -0.2) is 29.7 Å². The molecule has 3 aromatic rings. The highest BCUT2D eigenvalue weighted by atomic mass is 16.5. The Balaban J connectivity index is 2.15. The fourth-order valence-electron chi connectivity index (χ4n) is 3.21. The number of methoxy groups -OCH3 is 1. The summed E-state index contributed by atoms with van der Waals surface area (Å²) < 4.78 is 5.48. The van der Waals surface area contributed by atoms with Crippen molar-refractivity contribution in [2.45, 2.75) is 26.2 Å². The van der Waals surface area contributed by atoms with Gasteiger partial charge in [0, 0.05) is 29.9 Å². The molecule has 0 bridgehead atoms. The van der Waals surface area contributed by atoms with Gasteiger partial charge >= 0.3 is 0 Å². The van der Waals surface area contributed by atoms with E-state index in [0.29, 0.717) is 35.4 Å². The molecule has 0 unspecified atom stereocenters. The fourth-order valence-corrected chi connectivity index (χ4v) is 3.21. The minimum Gasteiger partial charge on any atom is -0.496 e. The van der Waals surface area contributed by atoms with E-state index in [-0.39, 0.29) is 6.61 Å². The number of nitrogens with one attached hydrogen (secondary N) is 1. The second-order valence-corrected chi connectivity index (χ2v) is 6.59. The highest BCUT2D eigenvalue weighted by Gasteiger charge is 2.16. The first kappa shape index (κ1) is 19.6. The Hall–Kier alpha value is -3.12. The van der Waals surface area contributed by atoms with Crippen LogP contribution in [0.3, 0.4) is 0 Å². The van der Waals surface area contributed by atoms with Gasteiger partial charge in [-0.3, -0.25) is 9.78 Å². The van der Waals surface area contributed by atoms with Crippen molar-refractivity contribution in [1.82, 2.24) is 4.98 Å². The molecule has 0 radical (unpaired) electrons. The predicted molar refractivity (Wildman–Crippen MR) is 111 cm³/mol. The third-order valence-corrected chi connectivity index (χ3v) is 4.77. The summed E-state index contributed by atoms with van der Waals surface area (Å²) in [5.74, 6) is 0.160. The van der Waals surface area contributed by atoms with Crippen LogP contribution in [0.15, 0.2) is 42.6 Å². The number of ether oxygens (including phenoxy) is 1. The van der Waals surface area contributed by atoms with Crippen molar-refractivity contribution < 1.29 is 14.6 Å². The molecular formula is C22H25N3O3. The van der Waals surface area contributed by atoms with Gasteiger partial charge in [-0.25, -0.2) is 0 Å². The van der Waals surface area contributed by atoms with Crippen LogP contribution in [0.5, 0.6) is 5.75 Å². The average molecular weight is 379 g/mol. The number of pyridine rings is 1.